The summed E-state index contributed by atoms with van der Waals surface area (Å²) in [6.45, 7) is 15.7. The molecule has 1 aromatic carbocycles. The second kappa shape index (κ2) is 8.40. The van der Waals surface area contributed by atoms with Crippen LogP contribution in [0.5, 0.6) is 0 Å². The Morgan fingerprint density at radius 2 is 1.41 bits per heavy atom. The molecule has 0 aliphatic carbocycles. The molecule has 0 atom stereocenters. The maximum atomic E-state index is 2.74. The minimum Gasteiger partial charge on any atom is -0.136 e. The van der Waals surface area contributed by atoms with E-state index < -0.39 is 0 Å². The molecule has 0 spiro atoms. The number of aryl methyl sites for hydroxylation is 1. The summed E-state index contributed by atoms with van der Waals surface area (Å²) in [4.78, 5) is 0. The Morgan fingerprint density at radius 1 is 0.941 bits per heavy atom. The molecule has 0 aliphatic rings. The van der Waals surface area contributed by atoms with E-state index in [-0.39, 0.29) is 1.43 Å². The van der Waals surface area contributed by atoms with Crippen LogP contribution in [0.15, 0.2) is 12.1 Å². The van der Waals surface area contributed by atoms with Gasteiger partial charge < -0.3 is 0 Å². The van der Waals surface area contributed by atoms with E-state index in [1.54, 1.807) is 0 Å². The third-order valence-corrected chi connectivity index (χ3v) is 5.03. The molecular weight excluding hydrogens is 234 g/mol. The van der Waals surface area contributed by atoms with Gasteiger partial charge in [0.1, 0.15) is 0 Å². The van der Waals surface area contributed by atoms with Crippen molar-refractivity contribution in [2.24, 2.45) is 0 Å². The van der Waals surface area contributed by atoms with E-state index in [1.807, 2.05) is 0 Å². The molecule has 0 unspecified atom stereocenters. The van der Waals surface area contributed by atoms with E-state index in [1.165, 1.54) is 21.1 Å². The fourth-order valence-corrected chi connectivity index (χ4v) is 3.60. The van der Waals surface area contributed by atoms with E-state index in [2.05, 4.69) is 76.9 Å². The molecule has 0 heterocycles. The molecule has 0 saturated heterocycles. The first-order valence-corrected chi connectivity index (χ1v) is 8.34. The highest BCUT2D eigenvalue weighted by molar-refractivity contribution is 6.38. The van der Waals surface area contributed by atoms with Crippen molar-refractivity contribution in [3.8, 4) is 0 Å². The number of rotatable bonds is 2. The molecule has 1 rings (SSSR count). The van der Waals surface area contributed by atoms with E-state index in [9.17, 15) is 0 Å². The van der Waals surface area contributed by atoms with Gasteiger partial charge in [0.25, 0.3) is 0 Å². The van der Waals surface area contributed by atoms with Crippen molar-refractivity contribution in [2.75, 3.05) is 0 Å². The van der Waals surface area contributed by atoms with Crippen molar-refractivity contribution in [1.29, 1.82) is 0 Å². The lowest BCUT2D eigenvalue weighted by molar-refractivity contribution is 0.971. The Balaban J connectivity index is 0. The second-order valence-electron chi connectivity index (χ2n) is 5.40. The van der Waals surface area contributed by atoms with Crippen LogP contribution in [0.3, 0.4) is 0 Å². The van der Waals surface area contributed by atoms with Crippen LogP contribution in [-0.4, -0.2) is 31.5 Å². The minimum atomic E-state index is 0. The Bertz CT molecular complexity index is 314. The van der Waals surface area contributed by atoms with E-state index >= 15 is 0 Å². The van der Waals surface area contributed by atoms with E-state index in [0.717, 1.165) is 9.56 Å². The van der Waals surface area contributed by atoms with Gasteiger partial charge >= 0.3 is 0 Å². The van der Waals surface area contributed by atoms with Gasteiger partial charge in [-0.3, -0.25) is 0 Å². The summed E-state index contributed by atoms with van der Waals surface area (Å²) in [5.74, 6) is 0. The van der Waals surface area contributed by atoms with Crippen molar-refractivity contribution in [3.63, 3.8) is 0 Å². The smallest absolute Gasteiger partial charge is 0.136 e. The summed E-state index contributed by atoms with van der Waals surface area (Å²) < 4.78 is 3.23. The zero-order valence-corrected chi connectivity index (χ0v) is 14.8. The molecule has 0 amide bonds. The topological polar surface area (TPSA) is 0 Å². The standard InChI is InChI=1S/C9H11.2C3H7.2Al.H2/c1-7-5-4-6-8(2)9(7)3;2*1-3-2;;;/h4-5H,1-3H3;2*3H,1-2H3;;;1H. The van der Waals surface area contributed by atoms with Gasteiger partial charge in [0.15, 0.2) is 16.3 Å². The zero-order chi connectivity index (χ0) is 13.6. The predicted molar refractivity (Wildman–Crippen MR) is 84.1 cm³/mol. The minimum absolute atomic E-state index is 0. The first kappa shape index (κ1) is 17.3. The maximum absolute atomic E-state index is 2.74. The fourth-order valence-electron chi connectivity index (χ4n) is 1.75. The molecule has 2 heteroatoms. The number of hydrogen-bond donors (Lipinski definition) is 0. The highest BCUT2D eigenvalue weighted by Gasteiger charge is 2.00. The Morgan fingerprint density at radius 3 is 1.71 bits per heavy atom. The molecule has 0 aromatic heterocycles. The van der Waals surface area contributed by atoms with Crippen LogP contribution in [0.25, 0.3) is 0 Å². The van der Waals surface area contributed by atoms with Crippen LogP contribution in [0.4, 0.5) is 0 Å². The Kier molecular flexibility index (Phi) is 8.54. The maximum Gasteiger partial charge on any atom is 0.208 e. The van der Waals surface area contributed by atoms with E-state index in [0.29, 0.717) is 15.2 Å². The van der Waals surface area contributed by atoms with Crippen LogP contribution in [0, 0.1) is 20.8 Å². The van der Waals surface area contributed by atoms with Crippen molar-refractivity contribution >= 4 is 35.9 Å². The molecule has 0 nitrogen and oxygen atoms in total. The third-order valence-electron chi connectivity index (χ3n) is 2.87. The van der Waals surface area contributed by atoms with Gasteiger partial charge in [0.05, 0.1) is 0 Å². The summed E-state index contributed by atoms with van der Waals surface area (Å²) in [6.07, 6.45) is 0. The lowest BCUT2D eigenvalue weighted by Crippen LogP contribution is -2.08. The molecule has 0 fully saturated rings. The lowest BCUT2D eigenvalue weighted by Gasteiger charge is -2.07. The van der Waals surface area contributed by atoms with Gasteiger partial charge in [-0.25, -0.2) is 0 Å². The average Bonchev–Trinajstić information content (AvgIpc) is 2.20. The molecule has 0 saturated carbocycles. The SMILES string of the molecule is C[CH](C)[Al][CH](C)C.Cc1cc[c]([Al])c(C)c1C.[HH]. The van der Waals surface area contributed by atoms with Crippen molar-refractivity contribution in [3.05, 3.63) is 28.8 Å². The average molecular weight is 261 g/mol. The summed E-state index contributed by atoms with van der Waals surface area (Å²) in [7, 11) is 0. The Hall–Kier alpha value is 0.285. The Labute approximate surface area is 124 Å². The zero-order valence-electron chi connectivity index (χ0n) is 12.5. The summed E-state index contributed by atoms with van der Waals surface area (Å²) in [5.41, 5.74) is 4.18. The molecule has 93 valence electrons. The summed E-state index contributed by atoms with van der Waals surface area (Å²) >= 11 is 3.46. The highest BCUT2D eigenvalue weighted by atomic mass is 27.1. The molecule has 3 radical (unpaired) electrons. The van der Waals surface area contributed by atoms with Crippen molar-refractivity contribution in [1.82, 2.24) is 0 Å². The number of benzene rings is 1. The highest BCUT2D eigenvalue weighted by Crippen LogP contribution is 2.08. The summed E-state index contributed by atoms with van der Waals surface area (Å²) in [6, 6.07) is 4.30. The van der Waals surface area contributed by atoms with Crippen LogP contribution in [0.1, 0.15) is 45.8 Å². The molecule has 1 aromatic rings. The molecule has 0 N–H and O–H groups in total. The largest absolute Gasteiger partial charge is 0.208 e. The van der Waals surface area contributed by atoms with Crippen LogP contribution < -0.4 is 4.43 Å². The fraction of sp³-hybridized carbons (Fsp3) is 0.600. The predicted octanol–water partition coefficient (Wildman–Crippen LogP) is 4.00. The first-order chi connectivity index (χ1) is 7.75. The lowest BCUT2D eigenvalue weighted by atomic mass is 10.1. The van der Waals surface area contributed by atoms with Crippen LogP contribution in [0.2, 0.25) is 9.56 Å². The van der Waals surface area contributed by atoms with Gasteiger partial charge in [-0.15, -0.1) is 4.43 Å². The van der Waals surface area contributed by atoms with Crippen molar-refractivity contribution < 1.29 is 1.43 Å². The molecule has 0 aliphatic heterocycles. The van der Waals surface area contributed by atoms with Gasteiger partial charge in [0, 0.05) is 1.43 Å². The summed E-state index contributed by atoms with van der Waals surface area (Å²) in [5, 5.41) is 0. The van der Waals surface area contributed by atoms with E-state index in [4.69, 9.17) is 0 Å². The normalized spacial score (nSPS) is 10.2. The third kappa shape index (κ3) is 7.33. The van der Waals surface area contributed by atoms with Gasteiger partial charge in [0.2, 0.25) is 15.2 Å². The van der Waals surface area contributed by atoms with Crippen molar-refractivity contribution in [2.45, 2.75) is 58.0 Å². The first-order valence-electron chi connectivity index (χ1n) is 6.43. The molecule has 17 heavy (non-hydrogen) atoms. The van der Waals surface area contributed by atoms with Gasteiger partial charge in [-0.05, 0) is 31.9 Å². The van der Waals surface area contributed by atoms with Gasteiger partial charge in [-0.2, -0.15) is 0 Å². The second-order valence-corrected chi connectivity index (χ2v) is 9.08. The van der Waals surface area contributed by atoms with Crippen LogP contribution >= 0.6 is 0 Å². The quantitative estimate of drug-likeness (QED) is 0.706. The number of hydrogen-bond acceptors (Lipinski definition) is 0. The monoisotopic (exact) mass is 261 g/mol. The van der Waals surface area contributed by atoms with Gasteiger partial charge in [-0.1, -0.05) is 55.0 Å². The molecule has 0 bridgehead atoms. The van der Waals surface area contributed by atoms with Crippen LogP contribution in [-0.2, 0) is 0 Å². The molecular formula is C15H27Al2.